The van der Waals surface area contributed by atoms with Gasteiger partial charge in [-0.15, -0.1) is 11.3 Å². The molecule has 1 aromatic heterocycles. The molecule has 0 unspecified atom stereocenters. The minimum absolute atomic E-state index is 0.0574. The number of carbonyl (C=O) groups is 2. The number of thiophene rings is 1. The molecule has 0 radical (unpaired) electrons. The van der Waals surface area contributed by atoms with Crippen LogP contribution in [0.15, 0.2) is 48.5 Å². The highest BCUT2D eigenvalue weighted by molar-refractivity contribution is 7.17. The quantitative estimate of drug-likeness (QED) is 0.585. The first-order chi connectivity index (χ1) is 16.1. The van der Waals surface area contributed by atoms with Crippen molar-refractivity contribution in [2.24, 2.45) is 0 Å². The Labute approximate surface area is 197 Å². The molecule has 1 saturated heterocycles. The van der Waals surface area contributed by atoms with Crippen LogP contribution in [0.1, 0.15) is 31.2 Å². The van der Waals surface area contributed by atoms with E-state index in [4.69, 9.17) is 9.47 Å². The lowest BCUT2D eigenvalue weighted by Crippen LogP contribution is -2.50. The lowest BCUT2D eigenvalue weighted by molar-refractivity contribution is 0.0538. The van der Waals surface area contributed by atoms with Gasteiger partial charge in [0.05, 0.1) is 19.1 Å². The van der Waals surface area contributed by atoms with Crippen molar-refractivity contribution in [3.05, 3.63) is 70.1 Å². The van der Waals surface area contributed by atoms with Gasteiger partial charge < -0.3 is 19.3 Å². The van der Waals surface area contributed by atoms with Crippen LogP contribution >= 0.6 is 11.3 Å². The predicted octanol–water partition coefficient (Wildman–Crippen LogP) is 4.13. The minimum atomic E-state index is -0.0810. The zero-order chi connectivity index (χ0) is 22.9. The average Bonchev–Trinajstić information content (AvgIpc) is 3.32. The van der Waals surface area contributed by atoms with Crippen LogP contribution in [0.5, 0.6) is 11.5 Å². The van der Waals surface area contributed by atoms with Gasteiger partial charge in [0, 0.05) is 42.7 Å². The van der Waals surface area contributed by atoms with Crippen molar-refractivity contribution in [1.29, 1.82) is 0 Å². The number of methoxy groups -OCH3 is 2. The molecular formula is C26H26N2O4S. The van der Waals surface area contributed by atoms with Gasteiger partial charge in [-0.2, -0.15) is 0 Å². The molecule has 1 fully saturated rings. The summed E-state index contributed by atoms with van der Waals surface area (Å²) in [7, 11) is 3.13. The molecule has 0 bridgehead atoms. The number of benzene rings is 2. The van der Waals surface area contributed by atoms with Gasteiger partial charge in [-0.3, -0.25) is 9.59 Å². The molecule has 0 atom stereocenters. The summed E-state index contributed by atoms with van der Waals surface area (Å²) in [6.07, 6.45) is 1.99. The van der Waals surface area contributed by atoms with Crippen molar-refractivity contribution in [3.8, 4) is 21.9 Å². The van der Waals surface area contributed by atoms with Crippen LogP contribution in [-0.4, -0.2) is 62.0 Å². The first-order valence-electron chi connectivity index (χ1n) is 11.1. The van der Waals surface area contributed by atoms with Gasteiger partial charge in [0.25, 0.3) is 11.8 Å². The van der Waals surface area contributed by atoms with Gasteiger partial charge in [0.1, 0.15) is 11.5 Å². The van der Waals surface area contributed by atoms with Crippen LogP contribution in [0.2, 0.25) is 0 Å². The first kappa shape index (κ1) is 21.5. The number of hydrogen-bond acceptors (Lipinski definition) is 5. The highest BCUT2D eigenvalue weighted by Gasteiger charge is 2.28. The average molecular weight is 463 g/mol. The molecule has 1 aliphatic carbocycles. The second-order valence-corrected chi connectivity index (χ2v) is 9.36. The summed E-state index contributed by atoms with van der Waals surface area (Å²) in [6.45, 7) is 2.03. The standard InChI is InChI=1S/C26H26N2O4S/c1-31-20-13-19(14-21(16-20)32-2)25(29)27-9-11-28(12-10-27)26(30)23-15-18-8-7-17-5-3-4-6-22(17)24(18)33-23/h3-6,13-16H,7-12H2,1-2H3. The van der Waals surface area contributed by atoms with E-state index in [1.807, 2.05) is 4.90 Å². The summed E-state index contributed by atoms with van der Waals surface area (Å²) in [5.74, 6) is 1.13. The molecule has 0 N–H and O–H groups in total. The highest BCUT2D eigenvalue weighted by Crippen LogP contribution is 2.39. The van der Waals surface area contributed by atoms with Crippen molar-refractivity contribution in [3.63, 3.8) is 0 Å². The third kappa shape index (κ3) is 4.09. The maximum atomic E-state index is 13.2. The van der Waals surface area contributed by atoms with Crippen molar-refractivity contribution >= 4 is 23.2 Å². The van der Waals surface area contributed by atoms with Crippen LogP contribution in [-0.2, 0) is 12.8 Å². The lowest BCUT2D eigenvalue weighted by Gasteiger charge is -2.34. The molecule has 2 aromatic carbocycles. The summed E-state index contributed by atoms with van der Waals surface area (Å²) in [4.78, 5) is 31.9. The third-order valence-electron chi connectivity index (χ3n) is 6.40. The molecule has 2 heterocycles. The second kappa shape index (κ2) is 8.90. The number of fused-ring (bicyclic) bond motifs is 3. The normalized spacial score (nSPS) is 15.0. The van der Waals surface area contributed by atoms with E-state index in [0.29, 0.717) is 43.2 Å². The number of ether oxygens (including phenoxy) is 2. The minimum Gasteiger partial charge on any atom is -0.497 e. The molecule has 6 nitrogen and oxygen atoms in total. The Kier molecular flexibility index (Phi) is 5.81. The Hall–Kier alpha value is -3.32. The smallest absolute Gasteiger partial charge is 0.264 e. The summed E-state index contributed by atoms with van der Waals surface area (Å²) in [6, 6.07) is 15.7. The number of aryl methyl sites for hydroxylation is 2. The molecule has 3 aromatic rings. The van der Waals surface area contributed by atoms with Crippen molar-refractivity contribution in [2.75, 3.05) is 40.4 Å². The summed E-state index contributed by atoms with van der Waals surface area (Å²) in [5.41, 5.74) is 4.40. The van der Waals surface area contributed by atoms with E-state index in [1.165, 1.54) is 21.6 Å². The Morgan fingerprint density at radius 1 is 0.788 bits per heavy atom. The summed E-state index contributed by atoms with van der Waals surface area (Å²) < 4.78 is 10.6. The third-order valence-corrected chi connectivity index (χ3v) is 7.60. The molecule has 1 aliphatic heterocycles. The van der Waals surface area contributed by atoms with Gasteiger partial charge in [-0.25, -0.2) is 0 Å². The number of amides is 2. The molecule has 170 valence electrons. The summed E-state index contributed by atoms with van der Waals surface area (Å²) in [5, 5.41) is 0. The van der Waals surface area contributed by atoms with Crippen LogP contribution in [0, 0.1) is 0 Å². The van der Waals surface area contributed by atoms with E-state index in [9.17, 15) is 9.59 Å². The van der Waals surface area contributed by atoms with Crippen LogP contribution in [0.3, 0.4) is 0 Å². The van der Waals surface area contributed by atoms with E-state index in [1.54, 1.807) is 48.7 Å². The van der Waals surface area contributed by atoms with Gasteiger partial charge in [0.15, 0.2) is 0 Å². The molecular weight excluding hydrogens is 436 g/mol. The van der Waals surface area contributed by atoms with Crippen LogP contribution in [0.4, 0.5) is 0 Å². The monoisotopic (exact) mass is 462 g/mol. The molecule has 2 amide bonds. The Balaban J connectivity index is 1.27. The Bertz CT molecular complexity index is 1190. The van der Waals surface area contributed by atoms with Gasteiger partial charge in [-0.1, -0.05) is 24.3 Å². The van der Waals surface area contributed by atoms with E-state index in [2.05, 4.69) is 30.3 Å². The number of piperazine rings is 1. The van der Waals surface area contributed by atoms with Gasteiger partial charge in [-0.05, 0) is 47.7 Å². The molecule has 2 aliphatic rings. The van der Waals surface area contributed by atoms with Crippen LogP contribution < -0.4 is 9.47 Å². The second-order valence-electron chi connectivity index (χ2n) is 8.31. The van der Waals surface area contributed by atoms with E-state index >= 15 is 0 Å². The number of rotatable bonds is 4. The lowest BCUT2D eigenvalue weighted by atomic mass is 9.91. The van der Waals surface area contributed by atoms with E-state index in [0.717, 1.165) is 17.7 Å². The molecule has 5 rings (SSSR count). The van der Waals surface area contributed by atoms with Gasteiger partial charge in [0.2, 0.25) is 0 Å². The Morgan fingerprint density at radius 2 is 1.39 bits per heavy atom. The van der Waals surface area contributed by atoms with Crippen LogP contribution in [0.25, 0.3) is 10.4 Å². The van der Waals surface area contributed by atoms with Gasteiger partial charge >= 0.3 is 0 Å². The fourth-order valence-electron chi connectivity index (χ4n) is 4.56. The fraction of sp³-hybridized carbons (Fsp3) is 0.308. The zero-order valence-electron chi connectivity index (χ0n) is 18.8. The maximum absolute atomic E-state index is 13.2. The Morgan fingerprint density at radius 3 is 2.06 bits per heavy atom. The zero-order valence-corrected chi connectivity index (χ0v) is 19.6. The summed E-state index contributed by atoms with van der Waals surface area (Å²) >= 11 is 1.59. The fourth-order valence-corrected chi connectivity index (χ4v) is 5.80. The number of nitrogens with zero attached hydrogens (tertiary/aromatic N) is 2. The van der Waals surface area contributed by atoms with E-state index in [-0.39, 0.29) is 11.8 Å². The number of carbonyl (C=O) groups excluding carboxylic acids is 2. The topological polar surface area (TPSA) is 59.1 Å². The predicted molar refractivity (Wildman–Crippen MR) is 129 cm³/mol. The molecule has 0 spiro atoms. The highest BCUT2D eigenvalue weighted by atomic mass is 32.1. The maximum Gasteiger partial charge on any atom is 0.264 e. The van der Waals surface area contributed by atoms with Crippen molar-refractivity contribution in [1.82, 2.24) is 9.80 Å². The molecule has 0 saturated carbocycles. The molecule has 7 heteroatoms. The SMILES string of the molecule is COc1cc(OC)cc(C(=O)N2CCN(C(=O)c3cc4c(s3)-c3ccccc3CC4)CC2)c1. The largest absolute Gasteiger partial charge is 0.497 e. The molecule has 33 heavy (non-hydrogen) atoms. The van der Waals surface area contributed by atoms with E-state index < -0.39 is 0 Å². The number of hydrogen-bond donors (Lipinski definition) is 0. The van der Waals surface area contributed by atoms with Crippen molar-refractivity contribution < 1.29 is 19.1 Å². The van der Waals surface area contributed by atoms with Crippen molar-refractivity contribution in [2.45, 2.75) is 12.8 Å². The first-order valence-corrected chi connectivity index (χ1v) is 11.9.